The Bertz CT molecular complexity index is 1940. The number of nitrogens with zero attached hydrogens (tertiary/aromatic N) is 1. The van der Waals surface area contributed by atoms with Gasteiger partial charge in [-0.25, -0.2) is 4.79 Å². The van der Waals surface area contributed by atoms with Crippen LogP contribution in [0.3, 0.4) is 0 Å². The van der Waals surface area contributed by atoms with E-state index in [1.165, 1.54) is 10.8 Å². The van der Waals surface area contributed by atoms with E-state index in [-0.39, 0.29) is 50.8 Å². The number of aromatic amines is 1. The number of nitrogens with one attached hydrogen (secondary N) is 2. The molecule has 17 heteroatoms. The van der Waals surface area contributed by atoms with Crippen molar-refractivity contribution < 1.29 is 48.0 Å². The summed E-state index contributed by atoms with van der Waals surface area (Å²) in [7, 11) is 4.90. The first-order valence-electron chi connectivity index (χ1n) is 20.3. The van der Waals surface area contributed by atoms with E-state index in [4.69, 9.17) is 28.8 Å². The summed E-state index contributed by atoms with van der Waals surface area (Å²) >= 11 is 0. The van der Waals surface area contributed by atoms with Crippen molar-refractivity contribution in [3.05, 3.63) is 98.3 Å². The van der Waals surface area contributed by atoms with Crippen molar-refractivity contribution >= 4 is 45.4 Å². The number of carboxylic acids is 1. The monoisotopic (exact) mass is 871 g/mol. The van der Waals surface area contributed by atoms with Gasteiger partial charge < -0.3 is 34.1 Å². The van der Waals surface area contributed by atoms with Crippen LogP contribution in [0, 0.1) is 6.92 Å². The number of methoxy groups -OCH3 is 1. The average Bonchev–Trinajstić information content (AvgIpc) is 3.64. The van der Waals surface area contributed by atoms with Crippen molar-refractivity contribution in [1.82, 2.24) is 14.9 Å². The maximum atomic E-state index is 13.2. The third-order valence-corrected chi connectivity index (χ3v) is 12.5. The minimum absolute atomic E-state index is 0.00327. The van der Waals surface area contributed by atoms with Gasteiger partial charge in [-0.1, -0.05) is 70.5 Å². The zero-order chi connectivity index (χ0) is 43.3. The highest BCUT2D eigenvalue weighted by Crippen LogP contribution is 2.37. The summed E-state index contributed by atoms with van der Waals surface area (Å²) in [5.41, 5.74) is 0.109. The van der Waals surface area contributed by atoms with Crippen molar-refractivity contribution in [2.45, 2.75) is 109 Å². The molecule has 0 aliphatic carbocycles. The van der Waals surface area contributed by atoms with Crippen LogP contribution in [-0.4, -0.2) is 89.1 Å². The number of carbonyl (C=O) groups is 4. The second-order valence-corrected chi connectivity index (χ2v) is 17.2. The summed E-state index contributed by atoms with van der Waals surface area (Å²) < 4.78 is 30.7. The summed E-state index contributed by atoms with van der Waals surface area (Å²) in [6, 6.07) is 17.4. The van der Waals surface area contributed by atoms with Crippen molar-refractivity contribution in [2.24, 2.45) is 0 Å². The van der Waals surface area contributed by atoms with E-state index < -0.39 is 47.2 Å². The molecule has 4 rings (SSSR count). The van der Waals surface area contributed by atoms with Gasteiger partial charge in [0.2, 0.25) is 5.91 Å². The molecule has 15 nitrogen and oxygen atoms in total. The third kappa shape index (κ3) is 15.8. The highest BCUT2D eigenvalue weighted by Gasteiger charge is 2.41. The Labute approximate surface area is 358 Å². The molecular weight excluding hydrogens is 815 g/mol. The normalized spacial score (nSPS) is 17.1. The number of ether oxygens (including phenoxy) is 5. The molecule has 1 saturated heterocycles. The van der Waals surface area contributed by atoms with Crippen molar-refractivity contribution in [1.29, 1.82) is 0 Å². The van der Waals surface area contributed by atoms with Gasteiger partial charge in [0, 0.05) is 49.1 Å². The Morgan fingerprint density at radius 1 is 0.883 bits per heavy atom. The van der Waals surface area contributed by atoms with Gasteiger partial charge in [-0.05, 0) is 69.2 Å². The second-order valence-electron chi connectivity index (χ2n) is 14.5. The molecule has 2 heterocycles. The maximum Gasteiger partial charge on any atom is 0.330 e. The molecule has 3 aromatic rings. The van der Waals surface area contributed by atoms with Gasteiger partial charge in [0.1, 0.15) is 29.8 Å². The summed E-state index contributed by atoms with van der Waals surface area (Å²) in [6.07, 6.45) is 4.22. The van der Waals surface area contributed by atoms with Gasteiger partial charge in [-0.2, -0.15) is 0 Å². The molecule has 0 saturated carbocycles. The van der Waals surface area contributed by atoms with Crippen LogP contribution >= 0.6 is 21.6 Å². The molecule has 328 valence electrons. The highest BCUT2D eigenvalue weighted by atomic mass is 33.1. The molecular formula is C43H57N3O12S2. The van der Waals surface area contributed by atoms with Crippen LogP contribution in [0.25, 0.3) is 0 Å². The molecule has 0 radical (unpaired) electrons. The van der Waals surface area contributed by atoms with Crippen LogP contribution in [0.2, 0.25) is 0 Å². The number of carboxylic acid groups (broad SMARTS) is 1. The molecule has 3 N–H and O–H groups in total. The van der Waals surface area contributed by atoms with Gasteiger partial charge in [-0.15, -0.1) is 0 Å². The number of rotatable bonds is 27. The van der Waals surface area contributed by atoms with Crippen LogP contribution in [-0.2, 0) is 43.7 Å². The molecule has 0 bridgehead atoms. The minimum Gasteiger partial charge on any atom is -0.497 e. The van der Waals surface area contributed by atoms with Crippen LogP contribution in [0.15, 0.2) is 70.4 Å². The number of carbonyl (C=O) groups excluding carboxylic acids is 3. The Balaban J connectivity index is 1.18. The zero-order valence-electron chi connectivity index (χ0n) is 34.5. The van der Waals surface area contributed by atoms with Crippen LogP contribution in [0.5, 0.6) is 5.75 Å². The largest absolute Gasteiger partial charge is 0.497 e. The Morgan fingerprint density at radius 2 is 1.57 bits per heavy atom. The Morgan fingerprint density at radius 3 is 2.27 bits per heavy atom. The summed E-state index contributed by atoms with van der Waals surface area (Å²) in [5.74, 6) is 0.296. The zero-order valence-corrected chi connectivity index (χ0v) is 36.2. The highest BCUT2D eigenvalue weighted by molar-refractivity contribution is 8.76. The van der Waals surface area contributed by atoms with Gasteiger partial charge >= 0.3 is 23.6 Å². The number of unbranched alkanes of at least 4 members (excludes halogenated alkanes) is 3. The second kappa shape index (κ2) is 25.3. The number of aliphatic carboxylic acids is 1. The number of hydrogen-bond donors (Lipinski definition) is 3. The quantitative estimate of drug-likeness (QED) is 0.0453. The van der Waals surface area contributed by atoms with E-state index in [2.05, 4.69) is 10.3 Å². The number of aromatic nitrogens is 2. The van der Waals surface area contributed by atoms with E-state index in [9.17, 15) is 28.8 Å². The summed E-state index contributed by atoms with van der Waals surface area (Å²) in [5, 5.41) is 11.5. The molecule has 1 amide bonds. The van der Waals surface area contributed by atoms with Crippen molar-refractivity contribution in [2.75, 3.05) is 38.4 Å². The lowest BCUT2D eigenvalue weighted by molar-refractivity contribution is -0.156. The fraction of sp³-hybridized carbons (Fsp3) is 0.535. The van der Waals surface area contributed by atoms with Gasteiger partial charge in [0.05, 0.1) is 33.2 Å². The third-order valence-electron chi connectivity index (χ3n) is 9.94. The fourth-order valence-corrected chi connectivity index (χ4v) is 8.64. The van der Waals surface area contributed by atoms with Crippen LogP contribution in [0.4, 0.5) is 0 Å². The fourth-order valence-electron chi connectivity index (χ4n) is 6.47. The van der Waals surface area contributed by atoms with Crippen molar-refractivity contribution in [3.63, 3.8) is 0 Å². The molecule has 60 heavy (non-hydrogen) atoms. The molecule has 0 spiro atoms. The van der Waals surface area contributed by atoms with Gasteiger partial charge in [0.25, 0.3) is 5.56 Å². The molecule has 4 unspecified atom stereocenters. The lowest BCUT2D eigenvalue weighted by atomic mass is 9.87. The lowest BCUT2D eigenvalue weighted by Crippen LogP contribution is -2.36. The van der Waals surface area contributed by atoms with E-state index in [1.54, 1.807) is 35.6 Å². The summed E-state index contributed by atoms with van der Waals surface area (Å²) in [4.78, 5) is 74.5. The van der Waals surface area contributed by atoms with E-state index in [0.29, 0.717) is 42.9 Å². The first-order valence-corrected chi connectivity index (χ1v) is 22.8. The van der Waals surface area contributed by atoms with Crippen molar-refractivity contribution in [3.8, 4) is 5.75 Å². The topological polar surface area (TPSA) is 202 Å². The minimum atomic E-state index is -1.03. The standard InChI is InChI=1S/C43H57N3O12S2/c1-30-28-46(42(53)45-41(30)52)37-27-34(35(57-37)29-56-43(2,31-13-7-6-8-14-31)32-17-19-33(54-3)20-18-32)58-40(51)16-12-26-60-59-25-11-15-36(47)44-23-9-4-5-10-24-55-39(50)22-21-38(48)49/h6-8,13-14,17-20,28,34-35,37H,4-5,9-12,15-16,21-27,29H2,1-3H3,(H,44,47)(H,48,49)(H,45,52,53). The van der Waals surface area contributed by atoms with Crippen LogP contribution in [0.1, 0.15) is 100 Å². The van der Waals surface area contributed by atoms with E-state index >= 15 is 0 Å². The van der Waals surface area contributed by atoms with E-state index in [1.807, 2.05) is 61.5 Å². The Kier molecular flexibility index (Phi) is 20.2. The average molecular weight is 872 g/mol. The molecule has 1 aromatic heterocycles. The van der Waals surface area contributed by atoms with Gasteiger partial charge in [-0.3, -0.25) is 33.5 Å². The first-order chi connectivity index (χ1) is 28.9. The maximum absolute atomic E-state index is 13.2. The first kappa shape index (κ1) is 48.1. The number of benzene rings is 2. The van der Waals surface area contributed by atoms with Crippen LogP contribution < -0.4 is 21.3 Å². The smallest absolute Gasteiger partial charge is 0.330 e. The predicted molar refractivity (Wildman–Crippen MR) is 229 cm³/mol. The number of hydrogen-bond acceptors (Lipinski definition) is 13. The van der Waals surface area contributed by atoms with Gasteiger partial charge in [0.15, 0.2) is 0 Å². The molecule has 1 aliphatic heterocycles. The molecule has 1 aliphatic rings. The number of amides is 1. The molecule has 2 aromatic carbocycles. The SMILES string of the molecule is COc1ccc(C(C)(OCC2OC(n3cc(C)c(=O)[nH]c3=O)CC2OC(=O)CCCSSCCCC(=O)NCCCCCCOC(=O)CCC(=O)O)c2ccccc2)cc1. The lowest BCUT2D eigenvalue weighted by Gasteiger charge is -2.33. The number of esters is 2. The predicted octanol–water partition coefficient (Wildman–Crippen LogP) is 6.06. The summed E-state index contributed by atoms with van der Waals surface area (Å²) in [6.45, 7) is 4.45. The van der Waals surface area contributed by atoms with E-state index in [0.717, 1.165) is 42.6 Å². The molecule has 4 atom stereocenters. The Hall–Kier alpha value is -4.58. The molecule has 1 fully saturated rings. The number of aryl methyl sites for hydroxylation is 1. The number of H-pyrrole nitrogens is 1.